The van der Waals surface area contributed by atoms with Crippen LogP contribution < -0.4 is 5.32 Å². The summed E-state index contributed by atoms with van der Waals surface area (Å²) in [5.41, 5.74) is 0.850. The lowest BCUT2D eigenvalue weighted by atomic mass is 9.94. The van der Waals surface area contributed by atoms with Crippen LogP contribution in [0.25, 0.3) is 0 Å². The predicted octanol–water partition coefficient (Wildman–Crippen LogP) is 0.444. The standard InChI is InChI=1S/C9H16N2/c1-4-10-5-8(1)11-6-9(7-11)2-3-9/h8,10H,1-7H2. The molecule has 2 heterocycles. The van der Waals surface area contributed by atoms with Gasteiger partial charge < -0.3 is 5.32 Å². The normalized spacial score (nSPS) is 40.9. The summed E-state index contributed by atoms with van der Waals surface area (Å²) >= 11 is 0. The van der Waals surface area contributed by atoms with Gasteiger partial charge in [-0.15, -0.1) is 0 Å². The Balaban J connectivity index is 1.57. The molecule has 1 unspecified atom stereocenters. The van der Waals surface area contributed by atoms with E-state index >= 15 is 0 Å². The van der Waals surface area contributed by atoms with Gasteiger partial charge in [-0.1, -0.05) is 0 Å². The minimum atomic E-state index is 0.850. The summed E-state index contributed by atoms with van der Waals surface area (Å²) in [5.74, 6) is 0. The number of hydrogen-bond donors (Lipinski definition) is 1. The van der Waals surface area contributed by atoms with E-state index in [0.29, 0.717) is 0 Å². The topological polar surface area (TPSA) is 15.3 Å². The predicted molar refractivity (Wildman–Crippen MR) is 44.5 cm³/mol. The number of nitrogens with zero attached hydrogens (tertiary/aromatic N) is 1. The molecule has 0 aromatic heterocycles. The molecule has 2 saturated heterocycles. The molecule has 1 saturated carbocycles. The minimum Gasteiger partial charge on any atom is -0.315 e. The number of likely N-dealkylation sites (tertiary alicyclic amines) is 1. The maximum absolute atomic E-state index is 3.43. The van der Waals surface area contributed by atoms with Crippen molar-refractivity contribution in [3.05, 3.63) is 0 Å². The van der Waals surface area contributed by atoms with E-state index in [2.05, 4.69) is 10.2 Å². The van der Waals surface area contributed by atoms with Crippen LogP contribution in [0.15, 0.2) is 0 Å². The Morgan fingerprint density at radius 3 is 2.64 bits per heavy atom. The summed E-state index contributed by atoms with van der Waals surface area (Å²) < 4.78 is 0. The van der Waals surface area contributed by atoms with Gasteiger partial charge in [-0.25, -0.2) is 0 Å². The molecule has 11 heavy (non-hydrogen) atoms. The van der Waals surface area contributed by atoms with E-state index in [1.165, 1.54) is 45.4 Å². The van der Waals surface area contributed by atoms with Crippen LogP contribution in [0.5, 0.6) is 0 Å². The molecule has 3 fully saturated rings. The van der Waals surface area contributed by atoms with Crippen molar-refractivity contribution < 1.29 is 0 Å². The maximum atomic E-state index is 3.43. The van der Waals surface area contributed by atoms with Gasteiger partial charge in [-0.2, -0.15) is 0 Å². The fourth-order valence-corrected chi connectivity index (χ4v) is 2.52. The Bertz CT molecular complexity index is 160. The molecule has 0 aromatic carbocycles. The zero-order valence-corrected chi connectivity index (χ0v) is 6.97. The Morgan fingerprint density at radius 1 is 1.27 bits per heavy atom. The molecule has 0 radical (unpaired) electrons. The molecule has 2 heteroatoms. The molecular weight excluding hydrogens is 136 g/mol. The van der Waals surface area contributed by atoms with E-state index in [4.69, 9.17) is 0 Å². The van der Waals surface area contributed by atoms with E-state index in [9.17, 15) is 0 Å². The number of nitrogens with one attached hydrogen (secondary N) is 1. The van der Waals surface area contributed by atoms with Gasteiger partial charge in [0.05, 0.1) is 0 Å². The minimum absolute atomic E-state index is 0.850. The largest absolute Gasteiger partial charge is 0.315 e. The molecule has 1 aliphatic carbocycles. The highest BCUT2D eigenvalue weighted by atomic mass is 15.3. The average Bonchev–Trinajstić information content (AvgIpc) is 2.57. The average molecular weight is 152 g/mol. The monoisotopic (exact) mass is 152 g/mol. The first-order chi connectivity index (χ1) is 5.38. The van der Waals surface area contributed by atoms with Crippen molar-refractivity contribution in [3.8, 4) is 0 Å². The molecule has 3 rings (SSSR count). The van der Waals surface area contributed by atoms with Gasteiger partial charge >= 0.3 is 0 Å². The lowest BCUT2D eigenvalue weighted by Gasteiger charge is -2.43. The van der Waals surface area contributed by atoms with E-state index in [-0.39, 0.29) is 0 Å². The summed E-state index contributed by atoms with van der Waals surface area (Å²) in [7, 11) is 0. The molecular formula is C9H16N2. The quantitative estimate of drug-likeness (QED) is 0.586. The molecule has 0 aromatic rings. The van der Waals surface area contributed by atoms with Gasteiger partial charge in [-0.05, 0) is 31.2 Å². The second-order valence-electron chi connectivity index (χ2n) is 4.55. The zero-order valence-electron chi connectivity index (χ0n) is 6.97. The number of rotatable bonds is 1. The van der Waals surface area contributed by atoms with Crippen molar-refractivity contribution >= 4 is 0 Å². The Labute approximate surface area is 68.0 Å². The van der Waals surface area contributed by atoms with Gasteiger partial charge in [0.15, 0.2) is 0 Å². The van der Waals surface area contributed by atoms with E-state index in [1.54, 1.807) is 0 Å². The summed E-state index contributed by atoms with van der Waals surface area (Å²) in [5, 5.41) is 3.43. The van der Waals surface area contributed by atoms with E-state index in [1.807, 2.05) is 0 Å². The van der Waals surface area contributed by atoms with Crippen molar-refractivity contribution in [1.82, 2.24) is 10.2 Å². The smallest absolute Gasteiger partial charge is 0.0233 e. The van der Waals surface area contributed by atoms with Crippen LogP contribution in [0, 0.1) is 5.41 Å². The molecule has 2 aliphatic heterocycles. The van der Waals surface area contributed by atoms with Gasteiger partial charge in [0.1, 0.15) is 0 Å². The second-order valence-corrected chi connectivity index (χ2v) is 4.55. The van der Waals surface area contributed by atoms with Crippen molar-refractivity contribution in [1.29, 1.82) is 0 Å². The molecule has 2 nitrogen and oxygen atoms in total. The second kappa shape index (κ2) is 1.99. The first kappa shape index (κ1) is 6.44. The van der Waals surface area contributed by atoms with Crippen LogP contribution in [-0.2, 0) is 0 Å². The molecule has 62 valence electrons. The fraction of sp³-hybridized carbons (Fsp3) is 1.00. The third kappa shape index (κ3) is 0.926. The summed E-state index contributed by atoms with van der Waals surface area (Å²) in [6.45, 7) is 5.32. The third-order valence-electron chi connectivity index (χ3n) is 3.58. The summed E-state index contributed by atoms with van der Waals surface area (Å²) in [4.78, 5) is 2.67. The number of hydrogen-bond acceptors (Lipinski definition) is 2. The van der Waals surface area contributed by atoms with Crippen molar-refractivity contribution in [2.45, 2.75) is 25.3 Å². The van der Waals surface area contributed by atoms with Crippen LogP contribution in [0.1, 0.15) is 19.3 Å². The summed E-state index contributed by atoms with van der Waals surface area (Å²) in [6.07, 6.45) is 4.42. The van der Waals surface area contributed by atoms with Crippen molar-refractivity contribution in [2.24, 2.45) is 5.41 Å². The molecule has 1 atom stereocenters. The highest BCUT2D eigenvalue weighted by molar-refractivity contribution is 5.07. The SMILES string of the molecule is C1CC(N2CC3(CC3)C2)CN1. The van der Waals surface area contributed by atoms with Crippen molar-refractivity contribution in [2.75, 3.05) is 26.2 Å². The van der Waals surface area contributed by atoms with Crippen LogP contribution in [-0.4, -0.2) is 37.1 Å². The Kier molecular flexibility index (Phi) is 1.16. The molecule has 0 amide bonds. The summed E-state index contributed by atoms with van der Waals surface area (Å²) in [6, 6.07) is 0.890. The van der Waals surface area contributed by atoms with Gasteiger partial charge in [0.25, 0.3) is 0 Å². The molecule has 1 spiro atoms. The third-order valence-corrected chi connectivity index (χ3v) is 3.58. The molecule has 3 aliphatic rings. The van der Waals surface area contributed by atoms with Gasteiger partial charge in [0.2, 0.25) is 0 Å². The maximum Gasteiger partial charge on any atom is 0.0233 e. The van der Waals surface area contributed by atoms with E-state index < -0.39 is 0 Å². The lowest BCUT2D eigenvalue weighted by Crippen LogP contribution is -2.54. The van der Waals surface area contributed by atoms with Crippen LogP contribution in [0.4, 0.5) is 0 Å². The van der Waals surface area contributed by atoms with Gasteiger partial charge in [-0.3, -0.25) is 4.90 Å². The molecule has 1 N–H and O–H groups in total. The van der Waals surface area contributed by atoms with Gasteiger partial charge in [0, 0.05) is 25.7 Å². The van der Waals surface area contributed by atoms with Crippen LogP contribution in [0.3, 0.4) is 0 Å². The zero-order chi connectivity index (χ0) is 7.31. The Hall–Kier alpha value is -0.0800. The van der Waals surface area contributed by atoms with E-state index in [0.717, 1.165) is 11.5 Å². The highest BCUT2D eigenvalue weighted by Gasteiger charge is 2.53. The highest BCUT2D eigenvalue weighted by Crippen LogP contribution is 2.53. The molecule has 0 bridgehead atoms. The lowest BCUT2D eigenvalue weighted by molar-refractivity contribution is 0.0440. The van der Waals surface area contributed by atoms with Crippen LogP contribution >= 0.6 is 0 Å². The fourth-order valence-electron chi connectivity index (χ4n) is 2.52. The first-order valence-electron chi connectivity index (χ1n) is 4.83. The Morgan fingerprint density at radius 2 is 2.09 bits per heavy atom. The first-order valence-corrected chi connectivity index (χ1v) is 4.83. The van der Waals surface area contributed by atoms with Crippen molar-refractivity contribution in [3.63, 3.8) is 0 Å². The van der Waals surface area contributed by atoms with Crippen LogP contribution in [0.2, 0.25) is 0 Å².